The van der Waals surface area contributed by atoms with Crippen LogP contribution in [0.1, 0.15) is 12.5 Å². The Morgan fingerprint density at radius 3 is 2.35 bits per heavy atom. The van der Waals surface area contributed by atoms with Crippen molar-refractivity contribution in [1.29, 1.82) is 0 Å². The Labute approximate surface area is 101 Å². The summed E-state index contributed by atoms with van der Waals surface area (Å²) >= 11 is 0. The van der Waals surface area contributed by atoms with E-state index >= 15 is 0 Å². The van der Waals surface area contributed by atoms with Crippen molar-refractivity contribution < 1.29 is 9.53 Å². The van der Waals surface area contributed by atoms with Crippen LogP contribution in [0.25, 0.3) is 11.1 Å². The van der Waals surface area contributed by atoms with Crippen LogP contribution in [0.4, 0.5) is 0 Å². The first-order valence-electron chi connectivity index (χ1n) is 5.51. The largest absolute Gasteiger partial charge is 0.427 e. The zero-order valence-electron chi connectivity index (χ0n) is 9.94. The lowest BCUT2D eigenvalue weighted by Crippen LogP contribution is -2.01. The molecule has 0 fully saturated rings. The number of aryl methyl sites for hydroxylation is 1. The fourth-order valence-electron chi connectivity index (χ4n) is 1.65. The number of esters is 1. The molecule has 2 aromatic rings. The number of carbonyl (C=O) groups excluding carboxylic acids is 1. The molecule has 0 unspecified atom stereocenters. The van der Waals surface area contributed by atoms with Crippen molar-refractivity contribution in [2.24, 2.45) is 0 Å². The molecule has 2 aromatic carbocycles. The van der Waals surface area contributed by atoms with Crippen LogP contribution in [0.3, 0.4) is 0 Å². The first kappa shape index (κ1) is 11.4. The summed E-state index contributed by atoms with van der Waals surface area (Å²) in [6, 6.07) is 15.8. The molecular weight excluding hydrogens is 212 g/mol. The maximum absolute atomic E-state index is 10.9. The number of hydrogen-bond donors (Lipinski definition) is 0. The topological polar surface area (TPSA) is 26.3 Å². The van der Waals surface area contributed by atoms with Gasteiger partial charge < -0.3 is 4.74 Å². The second-order valence-electron chi connectivity index (χ2n) is 3.99. The summed E-state index contributed by atoms with van der Waals surface area (Å²) < 4.78 is 5.06. The van der Waals surface area contributed by atoms with Gasteiger partial charge in [-0.05, 0) is 30.2 Å². The molecule has 86 valence electrons. The maximum atomic E-state index is 10.9. The second-order valence-corrected chi connectivity index (χ2v) is 3.99. The minimum absolute atomic E-state index is 0.300. The van der Waals surface area contributed by atoms with Crippen LogP contribution in [0.5, 0.6) is 5.75 Å². The molecule has 2 rings (SSSR count). The van der Waals surface area contributed by atoms with Crippen LogP contribution < -0.4 is 4.74 Å². The maximum Gasteiger partial charge on any atom is 0.308 e. The molecule has 0 N–H and O–H groups in total. The summed E-state index contributed by atoms with van der Waals surface area (Å²) in [5.74, 6) is 0.279. The lowest BCUT2D eigenvalue weighted by molar-refractivity contribution is -0.131. The average molecular weight is 226 g/mol. The quantitative estimate of drug-likeness (QED) is 0.578. The zero-order chi connectivity index (χ0) is 12.3. The van der Waals surface area contributed by atoms with Gasteiger partial charge >= 0.3 is 5.97 Å². The third-order valence-electron chi connectivity index (χ3n) is 2.48. The summed E-state index contributed by atoms with van der Waals surface area (Å²) in [5.41, 5.74) is 3.39. The molecule has 0 aliphatic rings. The lowest BCUT2D eigenvalue weighted by Gasteiger charge is -2.05. The van der Waals surface area contributed by atoms with Gasteiger partial charge in [0.1, 0.15) is 5.75 Å². The lowest BCUT2D eigenvalue weighted by atomic mass is 10.0. The van der Waals surface area contributed by atoms with E-state index in [1.54, 1.807) is 6.07 Å². The standard InChI is InChI=1S/C15H14O2/c1-11-6-8-13(9-7-11)14-4-3-5-15(10-14)17-12(2)16/h3-10H,1-2H3. The smallest absolute Gasteiger partial charge is 0.308 e. The number of carbonyl (C=O) groups is 1. The first-order valence-corrected chi connectivity index (χ1v) is 5.51. The molecule has 0 saturated heterocycles. The molecule has 0 aliphatic carbocycles. The van der Waals surface area contributed by atoms with Crippen LogP contribution in [0.2, 0.25) is 0 Å². The highest BCUT2D eigenvalue weighted by molar-refractivity contribution is 5.71. The van der Waals surface area contributed by atoms with Gasteiger partial charge in [0.25, 0.3) is 0 Å². The third kappa shape index (κ3) is 2.94. The molecule has 17 heavy (non-hydrogen) atoms. The predicted molar refractivity (Wildman–Crippen MR) is 67.9 cm³/mol. The number of rotatable bonds is 2. The second kappa shape index (κ2) is 4.83. The molecule has 0 aliphatic heterocycles. The Morgan fingerprint density at radius 2 is 1.71 bits per heavy atom. The monoisotopic (exact) mass is 226 g/mol. The van der Waals surface area contributed by atoms with Gasteiger partial charge in [-0.25, -0.2) is 0 Å². The molecule has 2 nitrogen and oxygen atoms in total. The SMILES string of the molecule is CC(=O)Oc1cccc(-c2ccc(C)cc2)c1. The Hall–Kier alpha value is -2.09. The van der Waals surface area contributed by atoms with E-state index in [1.807, 2.05) is 18.2 Å². The van der Waals surface area contributed by atoms with Crippen molar-refractivity contribution >= 4 is 5.97 Å². The number of hydrogen-bond acceptors (Lipinski definition) is 2. The Balaban J connectivity index is 2.32. The normalized spacial score (nSPS) is 10.0. The van der Waals surface area contributed by atoms with Gasteiger partial charge in [0.15, 0.2) is 0 Å². The van der Waals surface area contributed by atoms with E-state index < -0.39 is 0 Å². The molecule has 0 bridgehead atoms. The number of ether oxygens (including phenoxy) is 1. The van der Waals surface area contributed by atoms with Crippen molar-refractivity contribution in [2.45, 2.75) is 13.8 Å². The van der Waals surface area contributed by atoms with Gasteiger partial charge in [-0.15, -0.1) is 0 Å². The Bertz CT molecular complexity index is 527. The van der Waals surface area contributed by atoms with Crippen molar-refractivity contribution in [3.8, 4) is 16.9 Å². The highest BCUT2D eigenvalue weighted by atomic mass is 16.5. The van der Waals surface area contributed by atoms with E-state index in [-0.39, 0.29) is 5.97 Å². The van der Waals surface area contributed by atoms with Crippen LogP contribution in [0.15, 0.2) is 48.5 Å². The van der Waals surface area contributed by atoms with Gasteiger partial charge in [0.05, 0.1) is 0 Å². The molecule has 2 heteroatoms. The predicted octanol–water partition coefficient (Wildman–Crippen LogP) is 3.59. The van der Waals surface area contributed by atoms with Crippen molar-refractivity contribution in [3.63, 3.8) is 0 Å². The van der Waals surface area contributed by atoms with Gasteiger partial charge in [-0.1, -0.05) is 42.0 Å². The summed E-state index contributed by atoms with van der Waals surface area (Å²) in [6.45, 7) is 3.46. The fourth-order valence-corrected chi connectivity index (χ4v) is 1.65. The van der Waals surface area contributed by atoms with Crippen molar-refractivity contribution in [1.82, 2.24) is 0 Å². The number of benzene rings is 2. The third-order valence-corrected chi connectivity index (χ3v) is 2.48. The van der Waals surface area contributed by atoms with Gasteiger partial charge in [0.2, 0.25) is 0 Å². The zero-order valence-corrected chi connectivity index (χ0v) is 9.94. The molecule has 0 amide bonds. The molecule has 0 saturated carbocycles. The van der Waals surface area contributed by atoms with Crippen LogP contribution >= 0.6 is 0 Å². The van der Waals surface area contributed by atoms with E-state index in [1.165, 1.54) is 12.5 Å². The van der Waals surface area contributed by atoms with E-state index in [4.69, 9.17) is 4.74 Å². The highest BCUT2D eigenvalue weighted by Crippen LogP contribution is 2.24. The summed E-state index contributed by atoms with van der Waals surface area (Å²) in [4.78, 5) is 10.9. The molecule has 0 atom stereocenters. The van der Waals surface area contributed by atoms with Gasteiger partial charge in [-0.3, -0.25) is 4.79 Å². The Morgan fingerprint density at radius 1 is 1.00 bits per heavy atom. The Kier molecular flexibility index (Phi) is 3.24. The summed E-state index contributed by atoms with van der Waals surface area (Å²) in [5, 5.41) is 0. The summed E-state index contributed by atoms with van der Waals surface area (Å²) in [6.07, 6.45) is 0. The minimum Gasteiger partial charge on any atom is -0.427 e. The van der Waals surface area contributed by atoms with Crippen LogP contribution in [-0.2, 0) is 4.79 Å². The average Bonchev–Trinajstić information content (AvgIpc) is 2.29. The van der Waals surface area contributed by atoms with E-state index in [0.29, 0.717) is 5.75 Å². The summed E-state index contributed by atoms with van der Waals surface area (Å²) in [7, 11) is 0. The van der Waals surface area contributed by atoms with E-state index in [2.05, 4.69) is 31.2 Å². The van der Waals surface area contributed by atoms with Gasteiger partial charge in [-0.2, -0.15) is 0 Å². The molecule has 0 aromatic heterocycles. The van der Waals surface area contributed by atoms with Crippen LogP contribution in [-0.4, -0.2) is 5.97 Å². The highest BCUT2D eigenvalue weighted by Gasteiger charge is 2.01. The van der Waals surface area contributed by atoms with Crippen molar-refractivity contribution in [3.05, 3.63) is 54.1 Å². The van der Waals surface area contributed by atoms with Crippen LogP contribution in [0, 0.1) is 6.92 Å². The molecule has 0 heterocycles. The molecule has 0 spiro atoms. The van der Waals surface area contributed by atoms with E-state index in [0.717, 1.165) is 11.1 Å². The minimum atomic E-state index is -0.300. The van der Waals surface area contributed by atoms with Crippen molar-refractivity contribution in [2.75, 3.05) is 0 Å². The molecular formula is C15H14O2. The molecule has 0 radical (unpaired) electrons. The van der Waals surface area contributed by atoms with Gasteiger partial charge in [0, 0.05) is 6.92 Å². The van der Waals surface area contributed by atoms with E-state index in [9.17, 15) is 4.79 Å². The fraction of sp³-hybridized carbons (Fsp3) is 0.133. The first-order chi connectivity index (χ1) is 8.15.